The van der Waals surface area contributed by atoms with Crippen molar-refractivity contribution in [3.63, 3.8) is 0 Å². The maximum Gasteiger partial charge on any atom is 0.119 e. The molecule has 0 aliphatic carbocycles. The summed E-state index contributed by atoms with van der Waals surface area (Å²) in [7, 11) is 0. The van der Waals surface area contributed by atoms with Crippen LogP contribution in [0.4, 0.5) is 0 Å². The Morgan fingerprint density at radius 2 is 1.03 bits per heavy atom. The second-order valence-electron chi connectivity index (χ2n) is 9.25. The highest BCUT2D eigenvalue weighted by atomic mass is 16.5. The molecule has 190 valence electrons. The van der Waals surface area contributed by atoms with Gasteiger partial charge in [-0.1, -0.05) is 102 Å². The Kier molecular flexibility index (Phi) is 16.0. The van der Waals surface area contributed by atoms with Crippen molar-refractivity contribution in [2.24, 2.45) is 0 Å². The molecule has 0 saturated carbocycles. The molecule has 0 fully saturated rings. The van der Waals surface area contributed by atoms with E-state index in [-0.39, 0.29) is 0 Å². The predicted molar refractivity (Wildman–Crippen MR) is 150 cm³/mol. The van der Waals surface area contributed by atoms with Crippen molar-refractivity contribution in [3.05, 3.63) is 71.8 Å². The maximum atomic E-state index is 5.88. The molecular formula is C33H46O2. The molecular weight excluding hydrogens is 428 g/mol. The number of hydrogen-bond donors (Lipinski definition) is 0. The van der Waals surface area contributed by atoms with Gasteiger partial charge in [0, 0.05) is 11.1 Å². The summed E-state index contributed by atoms with van der Waals surface area (Å²) in [6, 6.07) is 16.1. The van der Waals surface area contributed by atoms with Gasteiger partial charge in [-0.2, -0.15) is 0 Å². The lowest BCUT2D eigenvalue weighted by Gasteiger charge is -2.06. The highest BCUT2D eigenvalue weighted by molar-refractivity contribution is 5.45. The topological polar surface area (TPSA) is 18.5 Å². The third kappa shape index (κ3) is 14.4. The first-order valence-electron chi connectivity index (χ1n) is 13.9. The summed E-state index contributed by atoms with van der Waals surface area (Å²) >= 11 is 0. The first-order chi connectivity index (χ1) is 17.3. The van der Waals surface area contributed by atoms with E-state index in [0.717, 1.165) is 42.1 Å². The highest BCUT2D eigenvalue weighted by Gasteiger charge is 1.96. The van der Waals surface area contributed by atoms with Crippen LogP contribution < -0.4 is 9.47 Å². The van der Waals surface area contributed by atoms with Crippen LogP contribution in [-0.4, -0.2) is 13.2 Å². The Labute approximate surface area is 215 Å². The molecule has 0 unspecified atom stereocenters. The fraction of sp³-hybridized carbons (Fsp3) is 0.515. The fourth-order valence-corrected chi connectivity index (χ4v) is 3.86. The molecule has 2 heteroatoms. The second-order valence-corrected chi connectivity index (χ2v) is 9.25. The molecule has 0 N–H and O–H groups in total. The van der Waals surface area contributed by atoms with Crippen LogP contribution in [0.2, 0.25) is 0 Å². The second kappa shape index (κ2) is 19.6. The molecule has 2 rings (SSSR count). The largest absolute Gasteiger partial charge is 0.494 e. The molecule has 0 heterocycles. The summed E-state index contributed by atoms with van der Waals surface area (Å²) in [5.74, 6) is 8.27. The van der Waals surface area contributed by atoms with Crippen molar-refractivity contribution in [1.29, 1.82) is 0 Å². The molecule has 2 aromatic rings. The summed E-state index contributed by atoms with van der Waals surface area (Å²) in [4.78, 5) is 0. The monoisotopic (exact) mass is 474 g/mol. The van der Waals surface area contributed by atoms with E-state index in [1.165, 1.54) is 70.6 Å². The van der Waals surface area contributed by atoms with Gasteiger partial charge in [0.05, 0.1) is 6.61 Å². The third-order valence-electron chi connectivity index (χ3n) is 6.06. The van der Waals surface area contributed by atoms with Gasteiger partial charge in [0.1, 0.15) is 18.1 Å². The normalized spacial score (nSPS) is 10.8. The average molecular weight is 475 g/mol. The van der Waals surface area contributed by atoms with Gasteiger partial charge < -0.3 is 9.47 Å². The van der Waals surface area contributed by atoms with E-state index in [2.05, 4.69) is 37.8 Å². The van der Waals surface area contributed by atoms with E-state index in [0.29, 0.717) is 6.61 Å². The van der Waals surface area contributed by atoms with Crippen LogP contribution in [0, 0.1) is 11.8 Å². The smallest absolute Gasteiger partial charge is 0.119 e. The molecule has 0 spiro atoms. The minimum Gasteiger partial charge on any atom is -0.494 e. The molecule has 0 aromatic heterocycles. The highest BCUT2D eigenvalue weighted by Crippen LogP contribution is 2.15. The van der Waals surface area contributed by atoms with Crippen LogP contribution >= 0.6 is 0 Å². The summed E-state index contributed by atoms with van der Waals surface area (Å²) in [5, 5.41) is 0. The zero-order valence-corrected chi connectivity index (χ0v) is 22.2. The Hall–Kier alpha value is -2.66. The molecule has 0 saturated heterocycles. The lowest BCUT2D eigenvalue weighted by Crippen LogP contribution is -1.97. The average Bonchev–Trinajstić information content (AvgIpc) is 2.89. The van der Waals surface area contributed by atoms with Crippen molar-refractivity contribution in [3.8, 4) is 23.3 Å². The number of hydrogen-bond acceptors (Lipinski definition) is 2. The summed E-state index contributed by atoms with van der Waals surface area (Å²) in [5.41, 5.74) is 1.98. The van der Waals surface area contributed by atoms with Gasteiger partial charge in [0.25, 0.3) is 0 Å². The van der Waals surface area contributed by atoms with E-state index in [4.69, 9.17) is 9.47 Å². The number of ether oxygens (including phenoxy) is 2. The minimum absolute atomic E-state index is 0.617. The molecule has 2 aromatic carbocycles. The lowest BCUT2D eigenvalue weighted by atomic mass is 10.1. The van der Waals surface area contributed by atoms with E-state index in [9.17, 15) is 0 Å². The first kappa shape index (κ1) is 28.6. The van der Waals surface area contributed by atoms with Gasteiger partial charge in [-0.3, -0.25) is 0 Å². The Morgan fingerprint density at radius 1 is 0.543 bits per heavy atom. The quantitative estimate of drug-likeness (QED) is 0.122. The zero-order chi connectivity index (χ0) is 24.8. The van der Waals surface area contributed by atoms with Crippen molar-refractivity contribution in [1.82, 2.24) is 0 Å². The summed E-state index contributed by atoms with van der Waals surface area (Å²) < 4.78 is 11.7. The maximum absolute atomic E-state index is 5.88. The molecule has 0 bridgehead atoms. The summed E-state index contributed by atoms with van der Waals surface area (Å²) in [6.45, 7) is 5.92. The van der Waals surface area contributed by atoms with E-state index >= 15 is 0 Å². The van der Waals surface area contributed by atoms with Crippen LogP contribution in [0.25, 0.3) is 0 Å². The molecule has 2 nitrogen and oxygen atoms in total. The van der Waals surface area contributed by atoms with Crippen LogP contribution in [0.3, 0.4) is 0 Å². The summed E-state index contributed by atoms with van der Waals surface area (Å²) in [6.07, 6.45) is 21.2. The van der Waals surface area contributed by atoms with E-state index in [1.54, 1.807) is 0 Å². The molecule has 35 heavy (non-hydrogen) atoms. The van der Waals surface area contributed by atoms with Crippen molar-refractivity contribution in [2.75, 3.05) is 13.2 Å². The van der Waals surface area contributed by atoms with Gasteiger partial charge in [-0.15, -0.1) is 0 Å². The minimum atomic E-state index is 0.617. The Balaban J connectivity index is 1.62. The number of rotatable bonds is 18. The zero-order valence-electron chi connectivity index (χ0n) is 22.2. The Morgan fingerprint density at radius 3 is 1.60 bits per heavy atom. The van der Waals surface area contributed by atoms with Crippen molar-refractivity contribution < 1.29 is 9.47 Å². The first-order valence-corrected chi connectivity index (χ1v) is 13.9. The van der Waals surface area contributed by atoms with Crippen molar-refractivity contribution >= 4 is 0 Å². The van der Waals surface area contributed by atoms with E-state index < -0.39 is 0 Å². The van der Waals surface area contributed by atoms with Gasteiger partial charge in [-0.25, -0.2) is 0 Å². The van der Waals surface area contributed by atoms with Crippen LogP contribution in [0.5, 0.6) is 11.5 Å². The Bertz CT molecular complexity index is 853. The SMILES string of the molecule is CCCCCCC=CCOc1ccc(C#Cc2ccc(OCCCCCCCCCC)cc2)cc1. The molecule has 0 aliphatic heterocycles. The fourth-order valence-electron chi connectivity index (χ4n) is 3.86. The number of benzene rings is 2. The van der Waals surface area contributed by atoms with Crippen molar-refractivity contribution in [2.45, 2.75) is 97.3 Å². The van der Waals surface area contributed by atoms with Gasteiger partial charge in [0.15, 0.2) is 0 Å². The number of allylic oxidation sites excluding steroid dienone is 1. The van der Waals surface area contributed by atoms with Crippen LogP contribution in [-0.2, 0) is 0 Å². The lowest BCUT2D eigenvalue weighted by molar-refractivity contribution is 0.304. The van der Waals surface area contributed by atoms with Crippen LogP contribution in [0.15, 0.2) is 60.7 Å². The molecule has 0 atom stereocenters. The number of unbranched alkanes of at least 4 members (excludes halogenated alkanes) is 11. The van der Waals surface area contributed by atoms with Crippen LogP contribution in [0.1, 0.15) is 108 Å². The standard InChI is InChI=1S/C33H46O2/c1-3-5-7-9-11-13-15-17-29-35-33-26-22-31(23-27-33)19-18-30-20-24-32(25-21-30)34-28-16-14-12-10-8-6-4-2/h14,16,20-27H,3-13,15,17,28-29H2,1-2H3. The van der Waals surface area contributed by atoms with E-state index in [1.807, 2.05) is 48.5 Å². The third-order valence-corrected chi connectivity index (χ3v) is 6.06. The van der Waals surface area contributed by atoms with Gasteiger partial charge in [-0.05, 0) is 67.8 Å². The molecule has 0 radical (unpaired) electrons. The molecule has 0 amide bonds. The van der Waals surface area contributed by atoms with Gasteiger partial charge in [0.2, 0.25) is 0 Å². The van der Waals surface area contributed by atoms with Gasteiger partial charge >= 0.3 is 0 Å². The predicted octanol–water partition coefficient (Wildman–Crippen LogP) is 9.51. The molecule has 0 aliphatic rings.